The van der Waals surface area contributed by atoms with Crippen molar-refractivity contribution in [2.75, 3.05) is 6.54 Å². The molecular formula is C23H28N2O5. The molecule has 0 spiro atoms. The van der Waals surface area contributed by atoms with Gasteiger partial charge < -0.3 is 10.1 Å². The second-order valence-electron chi connectivity index (χ2n) is 6.71. The first-order chi connectivity index (χ1) is 14.5. The van der Waals surface area contributed by atoms with Crippen LogP contribution in [0.1, 0.15) is 37.8 Å². The van der Waals surface area contributed by atoms with Crippen molar-refractivity contribution in [3.63, 3.8) is 0 Å². The van der Waals surface area contributed by atoms with Crippen molar-refractivity contribution in [3.05, 3.63) is 71.8 Å². The summed E-state index contributed by atoms with van der Waals surface area (Å²) in [5, 5.41) is 3.92. The Morgan fingerprint density at radius 1 is 0.967 bits per heavy atom. The molecule has 0 aliphatic rings. The number of amides is 2. The summed E-state index contributed by atoms with van der Waals surface area (Å²) >= 11 is 0. The van der Waals surface area contributed by atoms with E-state index < -0.39 is 18.0 Å². The number of hydroxylamine groups is 2. The summed E-state index contributed by atoms with van der Waals surface area (Å²) in [4.78, 5) is 42.0. The van der Waals surface area contributed by atoms with Gasteiger partial charge >= 0.3 is 5.97 Å². The summed E-state index contributed by atoms with van der Waals surface area (Å²) < 4.78 is 5.24. The number of rotatable bonds is 11. The average molecular weight is 412 g/mol. The van der Waals surface area contributed by atoms with E-state index in [4.69, 9.17) is 9.57 Å². The summed E-state index contributed by atoms with van der Waals surface area (Å²) in [6.07, 6.45) is -0.560. The molecule has 2 aromatic rings. The number of hydrogen-bond acceptors (Lipinski definition) is 5. The fraction of sp³-hybridized carbons (Fsp3) is 0.348. The van der Waals surface area contributed by atoms with E-state index in [1.807, 2.05) is 60.7 Å². The number of hydrogen-bond donors (Lipinski definition) is 1. The highest BCUT2D eigenvalue weighted by Crippen LogP contribution is 2.13. The van der Waals surface area contributed by atoms with Crippen LogP contribution >= 0.6 is 0 Å². The number of nitrogens with zero attached hydrogens (tertiary/aromatic N) is 1. The van der Waals surface area contributed by atoms with Gasteiger partial charge in [-0.1, -0.05) is 67.6 Å². The highest BCUT2D eigenvalue weighted by molar-refractivity contribution is 5.83. The smallest absolute Gasteiger partial charge is 0.303 e. The van der Waals surface area contributed by atoms with Gasteiger partial charge in [-0.25, -0.2) is 5.06 Å². The summed E-state index contributed by atoms with van der Waals surface area (Å²) in [6.45, 7) is 3.60. The molecule has 7 heteroatoms. The predicted molar refractivity (Wildman–Crippen MR) is 112 cm³/mol. The zero-order valence-corrected chi connectivity index (χ0v) is 17.4. The van der Waals surface area contributed by atoms with Crippen LogP contribution in [0.2, 0.25) is 0 Å². The molecule has 160 valence electrons. The van der Waals surface area contributed by atoms with Crippen LogP contribution < -0.4 is 5.32 Å². The summed E-state index contributed by atoms with van der Waals surface area (Å²) in [7, 11) is 0. The lowest BCUT2D eigenvalue weighted by atomic mass is 10.2. The van der Waals surface area contributed by atoms with E-state index in [-0.39, 0.29) is 32.0 Å². The van der Waals surface area contributed by atoms with Crippen molar-refractivity contribution in [2.45, 2.75) is 45.9 Å². The SMILES string of the molecule is CCC(=O)NCC[C@H](OC(C)=O)C(=O)N(Cc1ccccc1)OCc1ccccc1. The van der Waals surface area contributed by atoms with E-state index in [9.17, 15) is 14.4 Å². The van der Waals surface area contributed by atoms with E-state index in [0.717, 1.165) is 11.1 Å². The monoisotopic (exact) mass is 412 g/mol. The minimum absolute atomic E-state index is 0.134. The van der Waals surface area contributed by atoms with Crippen molar-refractivity contribution >= 4 is 17.8 Å². The number of carbonyl (C=O) groups is 3. The predicted octanol–water partition coefficient (Wildman–Crippen LogP) is 3.00. The van der Waals surface area contributed by atoms with Gasteiger partial charge in [-0.15, -0.1) is 0 Å². The highest BCUT2D eigenvalue weighted by Gasteiger charge is 2.28. The van der Waals surface area contributed by atoms with Gasteiger partial charge in [-0.3, -0.25) is 19.2 Å². The van der Waals surface area contributed by atoms with Crippen LogP contribution in [-0.2, 0) is 37.1 Å². The van der Waals surface area contributed by atoms with Gasteiger partial charge in [0.15, 0.2) is 6.10 Å². The molecule has 2 aromatic carbocycles. The molecule has 0 unspecified atom stereocenters. The maximum Gasteiger partial charge on any atom is 0.303 e. The van der Waals surface area contributed by atoms with E-state index in [1.165, 1.54) is 12.0 Å². The van der Waals surface area contributed by atoms with Gasteiger partial charge in [0.25, 0.3) is 5.91 Å². The Balaban J connectivity index is 2.12. The van der Waals surface area contributed by atoms with Crippen molar-refractivity contribution in [3.8, 4) is 0 Å². The van der Waals surface area contributed by atoms with E-state index in [1.54, 1.807) is 6.92 Å². The Morgan fingerprint density at radius 3 is 2.13 bits per heavy atom. The summed E-state index contributed by atoms with van der Waals surface area (Å²) in [5.41, 5.74) is 1.78. The highest BCUT2D eigenvalue weighted by atomic mass is 16.7. The van der Waals surface area contributed by atoms with Crippen molar-refractivity contribution in [2.24, 2.45) is 0 Å². The number of nitrogens with one attached hydrogen (secondary N) is 1. The second kappa shape index (κ2) is 12.4. The zero-order chi connectivity index (χ0) is 21.8. The molecule has 0 radical (unpaired) electrons. The molecule has 0 aliphatic heterocycles. The molecule has 0 saturated heterocycles. The van der Waals surface area contributed by atoms with Crippen LogP contribution in [0.15, 0.2) is 60.7 Å². The first-order valence-corrected chi connectivity index (χ1v) is 9.95. The molecule has 7 nitrogen and oxygen atoms in total. The molecule has 2 rings (SSSR count). The van der Waals surface area contributed by atoms with Gasteiger partial charge in [0.1, 0.15) is 6.61 Å². The van der Waals surface area contributed by atoms with E-state index in [2.05, 4.69) is 5.32 Å². The largest absolute Gasteiger partial charge is 0.452 e. The van der Waals surface area contributed by atoms with E-state index >= 15 is 0 Å². The number of benzene rings is 2. The maximum atomic E-state index is 13.2. The summed E-state index contributed by atoms with van der Waals surface area (Å²) in [6, 6.07) is 18.9. The fourth-order valence-corrected chi connectivity index (χ4v) is 2.72. The second-order valence-corrected chi connectivity index (χ2v) is 6.71. The lowest BCUT2D eigenvalue weighted by Crippen LogP contribution is -2.42. The van der Waals surface area contributed by atoms with Crippen LogP contribution in [0.5, 0.6) is 0 Å². The number of esters is 1. The molecule has 30 heavy (non-hydrogen) atoms. The Bertz CT molecular complexity index is 811. The van der Waals surface area contributed by atoms with Crippen LogP contribution in [0.4, 0.5) is 0 Å². The Kier molecular flexibility index (Phi) is 9.54. The molecule has 1 atom stereocenters. The molecule has 0 aliphatic carbocycles. The standard InChI is InChI=1S/C23H28N2O5/c1-3-22(27)24-15-14-21(30-18(2)26)23(28)25(16-19-10-6-4-7-11-19)29-17-20-12-8-5-9-13-20/h4-13,21H,3,14-17H2,1-2H3,(H,24,27)/t21-/m0/s1. The molecule has 2 amide bonds. The Hall–Kier alpha value is -3.19. The van der Waals surface area contributed by atoms with Crippen molar-refractivity contribution < 1.29 is 24.0 Å². The summed E-state index contributed by atoms with van der Waals surface area (Å²) in [5.74, 6) is -1.18. The third kappa shape index (κ3) is 8.05. The first kappa shape index (κ1) is 23.1. The maximum absolute atomic E-state index is 13.2. The minimum atomic E-state index is -1.06. The Morgan fingerprint density at radius 2 is 1.57 bits per heavy atom. The first-order valence-electron chi connectivity index (χ1n) is 9.95. The van der Waals surface area contributed by atoms with Gasteiger partial charge in [-0.05, 0) is 11.1 Å². The fourth-order valence-electron chi connectivity index (χ4n) is 2.72. The normalized spacial score (nSPS) is 11.4. The Labute approximate surface area is 176 Å². The lowest BCUT2D eigenvalue weighted by Gasteiger charge is -2.26. The van der Waals surface area contributed by atoms with Crippen LogP contribution in [0, 0.1) is 0 Å². The molecule has 0 bridgehead atoms. The van der Waals surface area contributed by atoms with Crippen molar-refractivity contribution in [1.29, 1.82) is 0 Å². The lowest BCUT2D eigenvalue weighted by molar-refractivity contribution is -0.207. The molecular weight excluding hydrogens is 384 g/mol. The average Bonchev–Trinajstić information content (AvgIpc) is 2.76. The van der Waals surface area contributed by atoms with Gasteiger partial charge in [0.2, 0.25) is 5.91 Å². The third-order valence-electron chi connectivity index (χ3n) is 4.28. The molecule has 1 N–H and O–H groups in total. The molecule has 0 fully saturated rings. The topological polar surface area (TPSA) is 84.9 Å². The number of carbonyl (C=O) groups excluding carboxylic acids is 3. The quantitative estimate of drug-likeness (QED) is 0.453. The van der Waals surface area contributed by atoms with Gasteiger partial charge in [-0.2, -0.15) is 0 Å². The van der Waals surface area contributed by atoms with Crippen molar-refractivity contribution in [1.82, 2.24) is 10.4 Å². The minimum Gasteiger partial charge on any atom is -0.452 e. The van der Waals surface area contributed by atoms with Crippen LogP contribution in [-0.4, -0.2) is 35.5 Å². The van der Waals surface area contributed by atoms with Gasteiger partial charge in [0.05, 0.1) is 6.54 Å². The zero-order valence-electron chi connectivity index (χ0n) is 17.4. The molecule has 0 heterocycles. The molecule has 0 aromatic heterocycles. The van der Waals surface area contributed by atoms with E-state index in [0.29, 0.717) is 6.42 Å². The van der Waals surface area contributed by atoms with Crippen LogP contribution in [0.25, 0.3) is 0 Å². The molecule has 0 saturated carbocycles. The van der Waals surface area contributed by atoms with Crippen LogP contribution in [0.3, 0.4) is 0 Å². The third-order valence-corrected chi connectivity index (χ3v) is 4.28. The van der Waals surface area contributed by atoms with Gasteiger partial charge in [0, 0.05) is 26.3 Å². The number of ether oxygens (including phenoxy) is 1.